The van der Waals surface area contributed by atoms with Crippen LogP contribution in [0.15, 0.2) is 60.7 Å². The third-order valence-corrected chi connectivity index (χ3v) is 4.61. The molecule has 0 unspecified atom stereocenters. The maximum Gasteiger partial charge on any atom is 0.178 e. The van der Waals surface area contributed by atoms with Gasteiger partial charge in [-0.05, 0) is 50.1 Å². The number of carbonyl (C=O) groups is 1. The van der Waals surface area contributed by atoms with E-state index in [-0.39, 0.29) is 5.78 Å². The molecular formula is C22H24N2O. The van der Waals surface area contributed by atoms with Crippen molar-refractivity contribution >= 4 is 5.78 Å². The SMILES string of the molecule is Cc1ccccc1CNCC(=O)c1cc(C)n(-c2ccccc2)c1C. The molecule has 0 bridgehead atoms. The van der Waals surface area contributed by atoms with Gasteiger partial charge in [0, 0.05) is 29.2 Å². The molecule has 0 amide bonds. The van der Waals surface area contributed by atoms with Crippen LogP contribution in [-0.2, 0) is 6.54 Å². The van der Waals surface area contributed by atoms with Crippen LogP contribution in [0, 0.1) is 20.8 Å². The molecule has 2 aromatic carbocycles. The molecule has 3 rings (SSSR count). The highest BCUT2D eigenvalue weighted by atomic mass is 16.1. The van der Waals surface area contributed by atoms with Gasteiger partial charge in [0.1, 0.15) is 0 Å². The van der Waals surface area contributed by atoms with Crippen LogP contribution in [0.4, 0.5) is 0 Å². The van der Waals surface area contributed by atoms with E-state index in [1.54, 1.807) is 0 Å². The molecule has 128 valence electrons. The number of ketones is 1. The first-order valence-corrected chi connectivity index (χ1v) is 8.60. The molecule has 0 aliphatic rings. The van der Waals surface area contributed by atoms with Crippen molar-refractivity contribution in [3.05, 3.63) is 88.7 Å². The van der Waals surface area contributed by atoms with E-state index in [1.807, 2.05) is 50.2 Å². The molecule has 0 saturated carbocycles. The zero-order valence-electron chi connectivity index (χ0n) is 15.0. The Bertz CT molecular complexity index is 878. The van der Waals surface area contributed by atoms with Crippen molar-refractivity contribution < 1.29 is 4.79 Å². The van der Waals surface area contributed by atoms with E-state index in [0.29, 0.717) is 13.1 Å². The minimum absolute atomic E-state index is 0.129. The zero-order valence-corrected chi connectivity index (χ0v) is 15.0. The summed E-state index contributed by atoms with van der Waals surface area (Å²) in [4.78, 5) is 12.7. The molecule has 0 aliphatic carbocycles. The molecule has 0 aliphatic heterocycles. The fourth-order valence-corrected chi connectivity index (χ4v) is 3.23. The maximum atomic E-state index is 12.7. The van der Waals surface area contributed by atoms with Gasteiger partial charge in [-0.15, -0.1) is 0 Å². The molecule has 1 heterocycles. The molecule has 3 nitrogen and oxygen atoms in total. The third-order valence-electron chi connectivity index (χ3n) is 4.61. The molecule has 0 radical (unpaired) electrons. The quantitative estimate of drug-likeness (QED) is 0.680. The number of Topliss-reactive ketones (excluding diaryl/α,β-unsaturated/α-hetero) is 1. The summed E-state index contributed by atoms with van der Waals surface area (Å²) in [6.45, 7) is 7.18. The highest BCUT2D eigenvalue weighted by Gasteiger charge is 2.16. The number of carbonyl (C=O) groups excluding carboxylic acids is 1. The summed E-state index contributed by atoms with van der Waals surface area (Å²) >= 11 is 0. The van der Waals surface area contributed by atoms with E-state index in [1.165, 1.54) is 11.1 Å². The Balaban J connectivity index is 1.72. The average Bonchev–Trinajstić information content (AvgIpc) is 2.92. The fourth-order valence-electron chi connectivity index (χ4n) is 3.23. The Morgan fingerprint density at radius 3 is 2.36 bits per heavy atom. The summed E-state index contributed by atoms with van der Waals surface area (Å²) in [5.74, 6) is 0.129. The van der Waals surface area contributed by atoms with Gasteiger partial charge in [-0.25, -0.2) is 0 Å². The average molecular weight is 332 g/mol. The minimum Gasteiger partial charge on any atom is -0.318 e. The van der Waals surface area contributed by atoms with Crippen LogP contribution < -0.4 is 5.32 Å². The Hall–Kier alpha value is -2.65. The van der Waals surface area contributed by atoms with Crippen molar-refractivity contribution in [1.29, 1.82) is 0 Å². The van der Waals surface area contributed by atoms with Gasteiger partial charge in [0.15, 0.2) is 5.78 Å². The van der Waals surface area contributed by atoms with E-state index in [0.717, 1.165) is 22.6 Å². The molecular weight excluding hydrogens is 308 g/mol. The molecule has 25 heavy (non-hydrogen) atoms. The van der Waals surface area contributed by atoms with Crippen LogP contribution in [0.3, 0.4) is 0 Å². The molecule has 3 heteroatoms. The summed E-state index contributed by atoms with van der Waals surface area (Å²) in [6, 6.07) is 20.4. The second kappa shape index (κ2) is 7.49. The standard InChI is InChI=1S/C22H24N2O/c1-16-9-7-8-10-19(16)14-23-15-22(25)21-13-17(2)24(18(21)3)20-11-5-4-6-12-20/h4-13,23H,14-15H2,1-3H3. The second-order valence-corrected chi connectivity index (χ2v) is 6.41. The molecule has 0 fully saturated rings. The molecule has 1 N–H and O–H groups in total. The number of benzene rings is 2. The van der Waals surface area contributed by atoms with E-state index < -0.39 is 0 Å². The molecule has 0 atom stereocenters. The van der Waals surface area contributed by atoms with E-state index in [9.17, 15) is 4.79 Å². The van der Waals surface area contributed by atoms with Crippen LogP contribution in [0.25, 0.3) is 5.69 Å². The fraction of sp³-hybridized carbons (Fsp3) is 0.227. The summed E-state index contributed by atoms with van der Waals surface area (Å²) < 4.78 is 2.13. The summed E-state index contributed by atoms with van der Waals surface area (Å²) in [5.41, 5.74) is 6.41. The van der Waals surface area contributed by atoms with Crippen molar-refractivity contribution in [2.75, 3.05) is 6.54 Å². The van der Waals surface area contributed by atoms with Gasteiger partial charge >= 0.3 is 0 Å². The van der Waals surface area contributed by atoms with Crippen LogP contribution >= 0.6 is 0 Å². The van der Waals surface area contributed by atoms with Gasteiger partial charge < -0.3 is 9.88 Å². The Morgan fingerprint density at radius 2 is 1.64 bits per heavy atom. The van der Waals surface area contributed by atoms with Gasteiger partial charge in [0.2, 0.25) is 0 Å². The lowest BCUT2D eigenvalue weighted by atomic mass is 10.1. The predicted octanol–water partition coefficient (Wildman–Crippen LogP) is 4.38. The summed E-state index contributed by atoms with van der Waals surface area (Å²) in [6.07, 6.45) is 0. The summed E-state index contributed by atoms with van der Waals surface area (Å²) in [7, 11) is 0. The van der Waals surface area contributed by atoms with E-state index in [2.05, 4.69) is 41.1 Å². The molecule has 0 saturated heterocycles. The van der Waals surface area contributed by atoms with E-state index >= 15 is 0 Å². The number of rotatable bonds is 6. The van der Waals surface area contributed by atoms with Crippen molar-refractivity contribution in [2.24, 2.45) is 0 Å². The largest absolute Gasteiger partial charge is 0.318 e. The van der Waals surface area contributed by atoms with E-state index in [4.69, 9.17) is 0 Å². The van der Waals surface area contributed by atoms with Crippen LogP contribution in [0.2, 0.25) is 0 Å². The Kier molecular flexibility index (Phi) is 5.15. The van der Waals surface area contributed by atoms with Crippen molar-refractivity contribution in [3.8, 4) is 5.69 Å². The first-order chi connectivity index (χ1) is 12.1. The number of aromatic nitrogens is 1. The highest BCUT2D eigenvalue weighted by Crippen LogP contribution is 2.21. The minimum atomic E-state index is 0.129. The number of nitrogens with one attached hydrogen (secondary N) is 1. The van der Waals surface area contributed by atoms with Gasteiger partial charge in [0.05, 0.1) is 6.54 Å². The number of hydrogen-bond donors (Lipinski definition) is 1. The van der Waals surface area contributed by atoms with Crippen LogP contribution in [0.1, 0.15) is 32.9 Å². The maximum absolute atomic E-state index is 12.7. The van der Waals surface area contributed by atoms with Gasteiger partial charge in [-0.3, -0.25) is 4.79 Å². The highest BCUT2D eigenvalue weighted by molar-refractivity contribution is 5.99. The Labute approximate surface area is 149 Å². The monoisotopic (exact) mass is 332 g/mol. The van der Waals surface area contributed by atoms with Crippen molar-refractivity contribution in [3.63, 3.8) is 0 Å². The smallest absolute Gasteiger partial charge is 0.178 e. The molecule has 0 spiro atoms. The topological polar surface area (TPSA) is 34.0 Å². The third kappa shape index (κ3) is 3.72. The first-order valence-electron chi connectivity index (χ1n) is 8.60. The Morgan fingerprint density at radius 1 is 0.960 bits per heavy atom. The molecule has 1 aromatic heterocycles. The number of para-hydroxylation sites is 1. The van der Waals surface area contributed by atoms with Gasteiger partial charge in [-0.2, -0.15) is 0 Å². The van der Waals surface area contributed by atoms with Gasteiger partial charge in [0.25, 0.3) is 0 Å². The normalized spacial score (nSPS) is 10.8. The number of aryl methyl sites for hydroxylation is 2. The second-order valence-electron chi connectivity index (χ2n) is 6.41. The summed E-state index contributed by atoms with van der Waals surface area (Å²) in [5, 5.41) is 3.28. The number of nitrogens with zero attached hydrogens (tertiary/aromatic N) is 1. The first kappa shape index (κ1) is 17.2. The lowest BCUT2D eigenvalue weighted by molar-refractivity contribution is 0.0990. The lowest BCUT2D eigenvalue weighted by Crippen LogP contribution is -2.23. The van der Waals surface area contributed by atoms with Crippen molar-refractivity contribution in [2.45, 2.75) is 27.3 Å². The van der Waals surface area contributed by atoms with Gasteiger partial charge in [-0.1, -0.05) is 42.5 Å². The number of hydrogen-bond acceptors (Lipinski definition) is 2. The van der Waals surface area contributed by atoms with Crippen molar-refractivity contribution in [1.82, 2.24) is 9.88 Å². The zero-order chi connectivity index (χ0) is 17.8. The predicted molar refractivity (Wildman–Crippen MR) is 102 cm³/mol. The van der Waals surface area contributed by atoms with Crippen LogP contribution in [0.5, 0.6) is 0 Å². The molecule has 3 aromatic rings. The van der Waals surface area contributed by atoms with Crippen LogP contribution in [-0.4, -0.2) is 16.9 Å². The lowest BCUT2D eigenvalue weighted by Gasteiger charge is -2.10.